The second-order valence-corrected chi connectivity index (χ2v) is 5.73. The Morgan fingerprint density at radius 1 is 1.26 bits per heavy atom. The molecule has 0 aromatic carbocycles. The van der Waals surface area contributed by atoms with E-state index in [1.807, 2.05) is 0 Å². The minimum Gasteiger partial charge on any atom is -0.377 e. The van der Waals surface area contributed by atoms with E-state index in [2.05, 4.69) is 27.3 Å². The SMILES string of the molecule is CCCNc1nnc(CN2CC(OC)C(OC)C2)s1. The van der Waals surface area contributed by atoms with Gasteiger partial charge in [-0.05, 0) is 6.42 Å². The van der Waals surface area contributed by atoms with Crippen LogP contribution in [0.3, 0.4) is 0 Å². The van der Waals surface area contributed by atoms with E-state index in [4.69, 9.17) is 9.47 Å². The van der Waals surface area contributed by atoms with Gasteiger partial charge in [-0.25, -0.2) is 0 Å². The molecular weight excluding hydrogens is 264 g/mol. The van der Waals surface area contributed by atoms with Gasteiger partial charge >= 0.3 is 0 Å². The second-order valence-electron chi connectivity index (χ2n) is 4.67. The molecule has 19 heavy (non-hydrogen) atoms. The number of hydrogen-bond donors (Lipinski definition) is 1. The number of ether oxygens (including phenoxy) is 2. The summed E-state index contributed by atoms with van der Waals surface area (Å²) in [4.78, 5) is 2.30. The summed E-state index contributed by atoms with van der Waals surface area (Å²) < 4.78 is 10.9. The Morgan fingerprint density at radius 2 is 1.95 bits per heavy atom. The summed E-state index contributed by atoms with van der Waals surface area (Å²) in [5.41, 5.74) is 0. The van der Waals surface area contributed by atoms with E-state index in [9.17, 15) is 0 Å². The molecule has 0 aliphatic carbocycles. The van der Waals surface area contributed by atoms with Crippen molar-refractivity contribution in [1.82, 2.24) is 15.1 Å². The predicted octanol–water partition coefficient (Wildman–Crippen LogP) is 1.21. The number of nitrogens with one attached hydrogen (secondary N) is 1. The first kappa shape index (κ1) is 14.6. The molecule has 0 saturated carbocycles. The Hall–Kier alpha value is -0.760. The van der Waals surface area contributed by atoms with Crippen LogP contribution in [0, 0.1) is 0 Å². The molecule has 0 spiro atoms. The van der Waals surface area contributed by atoms with E-state index in [0.29, 0.717) is 0 Å². The van der Waals surface area contributed by atoms with Crippen LogP contribution in [-0.2, 0) is 16.0 Å². The monoisotopic (exact) mass is 286 g/mol. The zero-order chi connectivity index (χ0) is 13.7. The van der Waals surface area contributed by atoms with Crippen molar-refractivity contribution in [2.75, 3.05) is 39.2 Å². The normalized spacial score (nSPS) is 23.9. The molecule has 0 radical (unpaired) electrons. The molecule has 108 valence electrons. The molecule has 1 aliphatic heterocycles. The van der Waals surface area contributed by atoms with Crippen LogP contribution < -0.4 is 5.32 Å². The number of aromatic nitrogens is 2. The van der Waals surface area contributed by atoms with Crippen LogP contribution in [0.1, 0.15) is 18.4 Å². The van der Waals surface area contributed by atoms with Gasteiger partial charge in [0.2, 0.25) is 5.13 Å². The van der Waals surface area contributed by atoms with Crippen LogP contribution in [-0.4, -0.2) is 61.2 Å². The van der Waals surface area contributed by atoms with Crippen molar-refractivity contribution in [1.29, 1.82) is 0 Å². The average Bonchev–Trinajstić information content (AvgIpc) is 3.03. The highest BCUT2D eigenvalue weighted by Crippen LogP contribution is 2.21. The molecular formula is C12H22N4O2S. The van der Waals surface area contributed by atoms with E-state index >= 15 is 0 Å². The number of methoxy groups -OCH3 is 2. The number of hydrogen-bond acceptors (Lipinski definition) is 7. The summed E-state index contributed by atoms with van der Waals surface area (Å²) in [6.07, 6.45) is 1.39. The molecule has 2 rings (SSSR count). The van der Waals surface area contributed by atoms with Crippen molar-refractivity contribution in [3.63, 3.8) is 0 Å². The van der Waals surface area contributed by atoms with E-state index in [-0.39, 0.29) is 12.2 Å². The van der Waals surface area contributed by atoms with Gasteiger partial charge in [0.15, 0.2) is 0 Å². The summed E-state index contributed by atoms with van der Waals surface area (Å²) in [7, 11) is 3.47. The van der Waals surface area contributed by atoms with E-state index in [1.165, 1.54) is 0 Å². The van der Waals surface area contributed by atoms with Crippen LogP contribution in [0.5, 0.6) is 0 Å². The Balaban J connectivity index is 1.86. The molecule has 1 aliphatic rings. The summed E-state index contributed by atoms with van der Waals surface area (Å²) in [5.74, 6) is 0. The predicted molar refractivity (Wildman–Crippen MR) is 75.6 cm³/mol. The lowest BCUT2D eigenvalue weighted by Gasteiger charge is -2.13. The molecule has 1 fully saturated rings. The fraction of sp³-hybridized carbons (Fsp3) is 0.833. The first-order chi connectivity index (χ1) is 9.26. The molecule has 2 heterocycles. The van der Waals surface area contributed by atoms with E-state index < -0.39 is 0 Å². The standard InChI is InChI=1S/C12H22N4O2S/c1-4-5-13-12-15-14-11(19-12)8-16-6-9(17-2)10(7-16)18-3/h9-10H,4-8H2,1-3H3,(H,13,15). The lowest BCUT2D eigenvalue weighted by Crippen LogP contribution is -2.27. The summed E-state index contributed by atoms with van der Waals surface area (Å²) in [6, 6.07) is 0. The van der Waals surface area contributed by atoms with Crippen LogP contribution in [0.2, 0.25) is 0 Å². The maximum absolute atomic E-state index is 5.43. The molecule has 2 unspecified atom stereocenters. The molecule has 0 amide bonds. The van der Waals surface area contributed by atoms with Gasteiger partial charge in [0.05, 0.1) is 18.8 Å². The van der Waals surface area contributed by atoms with Gasteiger partial charge in [0.25, 0.3) is 0 Å². The van der Waals surface area contributed by atoms with Gasteiger partial charge in [0, 0.05) is 33.9 Å². The Labute approximate surface area is 118 Å². The van der Waals surface area contributed by atoms with Crippen molar-refractivity contribution in [3.05, 3.63) is 5.01 Å². The fourth-order valence-corrected chi connectivity index (χ4v) is 3.02. The fourth-order valence-electron chi connectivity index (χ4n) is 2.21. The molecule has 1 aromatic rings. The highest BCUT2D eigenvalue weighted by Gasteiger charge is 2.33. The Kier molecular flexibility index (Phi) is 5.50. The van der Waals surface area contributed by atoms with Gasteiger partial charge in [-0.1, -0.05) is 18.3 Å². The van der Waals surface area contributed by atoms with Gasteiger partial charge in [-0.3, -0.25) is 4.90 Å². The first-order valence-electron chi connectivity index (χ1n) is 6.61. The molecule has 2 atom stereocenters. The van der Waals surface area contributed by atoms with E-state index in [0.717, 1.165) is 42.7 Å². The summed E-state index contributed by atoms with van der Waals surface area (Å²) >= 11 is 1.62. The highest BCUT2D eigenvalue weighted by atomic mass is 32.1. The Morgan fingerprint density at radius 3 is 2.53 bits per heavy atom. The smallest absolute Gasteiger partial charge is 0.205 e. The van der Waals surface area contributed by atoms with Crippen LogP contribution in [0.15, 0.2) is 0 Å². The maximum Gasteiger partial charge on any atom is 0.205 e. The first-order valence-corrected chi connectivity index (χ1v) is 7.42. The summed E-state index contributed by atoms with van der Waals surface area (Å²) in [6.45, 7) is 5.65. The van der Waals surface area contributed by atoms with Crippen molar-refractivity contribution < 1.29 is 9.47 Å². The zero-order valence-corrected chi connectivity index (χ0v) is 12.6. The van der Waals surface area contributed by atoms with Crippen molar-refractivity contribution >= 4 is 16.5 Å². The maximum atomic E-state index is 5.43. The third-order valence-electron chi connectivity index (χ3n) is 3.25. The lowest BCUT2D eigenvalue weighted by molar-refractivity contribution is -0.00461. The minimum atomic E-state index is 0.149. The third kappa shape index (κ3) is 3.85. The van der Waals surface area contributed by atoms with Gasteiger partial charge in [-0.15, -0.1) is 10.2 Å². The molecule has 0 bridgehead atoms. The van der Waals surface area contributed by atoms with Gasteiger partial charge in [-0.2, -0.15) is 0 Å². The van der Waals surface area contributed by atoms with E-state index in [1.54, 1.807) is 25.6 Å². The number of nitrogens with zero attached hydrogens (tertiary/aromatic N) is 3. The summed E-state index contributed by atoms with van der Waals surface area (Å²) in [5, 5.41) is 13.6. The Bertz CT molecular complexity index is 376. The minimum absolute atomic E-state index is 0.149. The quantitative estimate of drug-likeness (QED) is 0.813. The van der Waals surface area contributed by atoms with Crippen molar-refractivity contribution in [2.24, 2.45) is 0 Å². The van der Waals surface area contributed by atoms with Gasteiger partial charge in [0.1, 0.15) is 5.01 Å². The molecule has 7 heteroatoms. The molecule has 6 nitrogen and oxygen atoms in total. The average molecular weight is 286 g/mol. The molecule has 1 N–H and O–H groups in total. The number of likely N-dealkylation sites (tertiary alicyclic amines) is 1. The number of rotatable bonds is 7. The van der Waals surface area contributed by atoms with Crippen LogP contribution >= 0.6 is 11.3 Å². The largest absolute Gasteiger partial charge is 0.377 e. The van der Waals surface area contributed by atoms with Gasteiger partial charge < -0.3 is 14.8 Å². The molecule has 1 aromatic heterocycles. The lowest BCUT2D eigenvalue weighted by atomic mass is 10.3. The third-order valence-corrected chi connectivity index (χ3v) is 4.11. The highest BCUT2D eigenvalue weighted by molar-refractivity contribution is 7.15. The van der Waals surface area contributed by atoms with Crippen molar-refractivity contribution in [3.8, 4) is 0 Å². The zero-order valence-electron chi connectivity index (χ0n) is 11.8. The van der Waals surface area contributed by atoms with Crippen LogP contribution in [0.4, 0.5) is 5.13 Å². The topological polar surface area (TPSA) is 59.5 Å². The second kappa shape index (κ2) is 7.14. The number of anilines is 1. The van der Waals surface area contributed by atoms with Crippen molar-refractivity contribution in [2.45, 2.75) is 32.1 Å². The molecule has 1 saturated heterocycles. The van der Waals surface area contributed by atoms with Crippen LogP contribution in [0.25, 0.3) is 0 Å².